The van der Waals surface area contributed by atoms with Crippen molar-refractivity contribution in [2.24, 2.45) is 0 Å². The average molecular weight is 313 g/mol. The predicted molar refractivity (Wildman–Crippen MR) is 78.5 cm³/mol. The maximum atomic E-state index is 12.2. The summed E-state index contributed by atoms with van der Waals surface area (Å²) < 4.78 is 36.7. The van der Waals surface area contributed by atoms with Crippen LogP contribution < -0.4 is 5.32 Å². The van der Waals surface area contributed by atoms with Crippen LogP contribution in [-0.4, -0.2) is 10.6 Å². The van der Waals surface area contributed by atoms with Gasteiger partial charge in [0.15, 0.2) is 0 Å². The second-order valence-electron chi connectivity index (χ2n) is 4.54. The number of hydrogen-bond acceptors (Lipinski definition) is 3. The number of hydrogen-bond donors (Lipinski definition) is 2. The third-order valence-electron chi connectivity index (χ3n) is 2.85. The number of benzene rings is 2. The summed E-state index contributed by atoms with van der Waals surface area (Å²) in [4.78, 5) is 0.173. The molecule has 2 rings (SSSR count). The molecule has 0 saturated heterocycles. The lowest BCUT2D eigenvalue weighted by molar-refractivity contribution is -0.0328. The molecule has 0 radical (unpaired) electrons. The lowest BCUT2D eigenvalue weighted by atomic mass is 10.1. The molecule has 2 aromatic rings. The molecule has 0 aliphatic heterocycles. The van der Waals surface area contributed by atoms with Crippen LogP contribution in [0.15, 0.2) is 47.4 Å². The van der Waals surface area contributed by atoms with Crippen molar-refractivity contribution < 1.29 is 18.3 Å². The largest absolute Gasteiger partial charge is 0.508 e. The topological polar surface area (TPSA) is 32.3 Å². The lowest BCUT2D eigenvalue weighted by Crippen LogP contribution is -2.01. The lowest BCUT2D eigenvalue weighted by Gasteiger charge is -2.11. The van der Waals surface area contributed by atoms with E-state index in [-0.39, 0.29) is 22.4 Å². The first-order chi connectivity index (χ1) is 9.83. The number of anilines is 1. The van der Waals surface area contributed by atoms with Gasteiger partial charge in [-0.2, -0.15) is 13.2 Å². The Morgan fingerprint density at radius 1 is 1.10 bits per heavy atom. The fraction of sp³-hybridized carbons (Fsp3) is 0.200. The first-order valence-corrected chi connectivity index (χ1v) is 7.03. The van der Waals surface area contributed by atoms with Crippen molar-refractivity contribution in [1.82, 2.24) is 0 Å². The van der Waals surface area contributed by atoms with E-state index in [1.807, 2.05) is 6.92 Å². The summed E-state index contributed by atoms with van der Waals surface area (Å²) in [6.07, 6.45) is 0. The van der Waals surface area contributed by atoms with Crippen molar-refractivity contribution in [2.45, 2.75) is 23.9 Å². The van der Waals surface area contributed by atoms with Crippen molar-refractivity contribution in [2.75, 3.05) is 5.32 Å². The summed E-state index contributed by atoms with van der Waals surface area (Å²) in [6, 6.07) is 11.2. The summed E-state index contributed by atoms with van der Waals surface area (Å²) in [5.41, 5.74) is -1.60. The third kappa shape index (κ3) is 4.90. The summed E-state index contributed by atoms with van der Waals surface area (Å²) in [5.74, 6) is 0.201. The number of rotatable bonds is 4. The van der Waals surface area contributed by atoms with Crippen LogP contribution in [0, 0.1) is 6.92 Å². The van der Waals surface area contributed by atoms with Crippen molar-refractivity contribution >= 4 is 17.4 Å². The number of phenols is 1. The highest BCUT2D eigenvalue weighted by Crippen LogP contribution is 2.36. The highest BCUT2D eigenvalue weighted by atomic mass is 32.2. The first-order valence-electron chi connectivity index (χ1n) is 6.22. The fourth-order valence-corrected chi connectivity index (χ4v) is 2.39. The van der Waals surface area contributed by atoms with E-state index in [2.05, 4.69) is 5.32 Å². The van der Waals surface area contributed by atoms with E-state index >= 15 is 0 Å². The minimum Gasteiger partial charge on any atom is -0.508 e. The van der Waals surface area contributed by atoms with Gasteiger partial charge in [-0.1, -0.05) is 12.1 Å². The van der Waals surface area contributed by atoms with Gasteiger partial charge < -0.3 is 10.4 Å². The zero-order valence-electron chi connectivity index (χ0n) is 11.2. The van der Waals surface area contributed by atoms with Gasteiger partial charge in [0, 0.05) is 17.1 Å². The Morgan fingerprint density at radius 2 is 1.76 bits per heavy atom. The number of alkyl halides is 3. The summed E-state index contributed by atoms with van der Waals surface area (Å²) in [6.45, 7) is 2.37. The normalized spacial score (nSPS) is 11.4. The fourth-order valence-electron chi connectivity index (χ4n) is 1.85. The first kappa shape index (κ1) is 15.6. The van der Waals surface area contributed by atoms with E-state index in [9.17, 15) is 18.3 Å². The highest BCUT2D eigenvalue weighted by molar-refractivity contribution is 8.00. The minimum absolute atomic E-state index is 0.120. The van der Waals surface area contributed by atoms with Crippen LogP contribution in [-0.2, 0) is 6.54 Å². The van der Waals surface area contributed by atoms with E-state index < -0.39 is 5.51 Å². The van der Waals surface area contributed by atoms with Gasteiger partial charge in [0.1, 0.15) is 5.75 Å². The van der Waals surface area contributed by atoms with Gasteiger partial charge in [0.2, 0.25) is 0 Å². The summed E-state index contributed by atoms with van der Waals surface area (Å²) in [7, 11) is 0. The molecule has 6 heteroatoms. The molecule has 0 atom stereocenters. The van der Waals surface area contributed by atoms with Crippen LogP contribution in [0.3, 0.4) is 0 Å². The SMILES string of the molecule is Cc1cc(O)ccc1NCc1ccc(SC(F)(F)F)cc1. The zero-order chi connectivity index (χ0) is 15.5. The van der Waals surface area contributed by atoms with E-state index in [1.54, 1.807) is 30.3 Å². The Bertz CT molecular complexity index is 611. The van der Waals surface area contributed by atoms with Gasteiger partial charge in [-0.3, -0.25) is 0 Å². The molecule has 0 unspecified atom stereocenters. The van der Waals surface area contributed by atoms with Gasteiger partial charge >= 0.3 is 5.51 Å². The molecule has 0 aliphatic carbocycles. The van der Waals surface area contributed by atoms with Gasteiger partial charge in [-0.05, 0) is 60.1 Å². The molecule has 0 saturated carbocycles. The van der Waals surface area contributed by atoms with Crippen LogP contribution in [0.2, 0.25) is 0 Å². The molecule has 0 heterocycles. The molecule has 112 valence electrons. The maximum absolute atomic E-state index is 12.2. The molecule has 0 bridgehead atoms. The van der Waals surface area contributed by atoms with Crippen molar-refractivity contribution in [1.29, 1.82) is 0 Å². The molecule has 0 amide bonds. The number of halogens is 3. The van der Waals surface area contributed by atoms with Gasteiger partial charge in [0.25, 0.3) is 0 Å². The minimum atomic E-state index is -4.26. The predicted octanol–water partition coefficient (Wildman–Crippen LogP) is 4.92. The third-order valence-corrected chi connectivity index (χ3v) is 3.59. The maximum Gasteiger partial charge on any atom is 0.446 e. The summed E-state index contributed by atoms with van der Waals surface area (Å²) >= 11 is -0.120. The molecule has 0 spiro atoms. The second kappa shape index (κ2) is 6.30. The van der Waals surface area contributed by atoms with E-state index in [4.69, 9.17) is 0 Å². The Balaban J connectivity index is 1.97. The second-order valence-corrected chi connectivity index (χ2v) is 5.68. The van der Waals surface area contributed by atoms with Crippen molar-refractivity contribution in [3.63, 3.8) is 0 Å². The van der Waals surface area contributed by atoms with E-state index in [1.165, 1.54) is 12.1 Å². The van der Waals surface area contributed by atoms with Gasteiger partial charge in [-0.15, -0.1) is 0 Å². The number of thioether (sulfide) groups is 1. The number of aryl methyl sites for hydroxylation is 1. The molecular formula is C15H14F3NOS. The standard InChI is InChI=1S/C15H14F3NOS/c1-10-8-12(20)4-7-14(10)19-9-11-2-5-13(6-3-11)21-15(16,17)18/h2-8,19-20H,9H2,1H3. The Morgan fingerprint density at radius 3 is 2.33 bits per heavy atom. The van der Waals surface area contributed by atoms with Crippen molar-refractivity contribution in [3.8, 4) is 5.75 Å². The van der Waals surface area contributed by atoms with Crippen LogP contribution >= 0.6 is 11.8 Å². The molecule has 21 heavy (non-hydrogen) atoms. The average Bonchev–Trinajstić information content (AvgIpc) is 2.38. The highest BCUT2D eigenvalue weighted by Gasteiger charge is 2.28. The smallest absolute Gasteiger partial charge is 0.446 e. The van der Waals surface area contributed by atoms with E-state index in [0.29, 0.717) is 6.54 Å². The Kier molecular flexibility index (Phi) is 4.67. The molecule has 0 fully saturated rings. The summed E-state index contributed by atoms with van der Waals surface area (Å²) in [5, 5.41) is 12.5. The molecule has 2 nitrogen and oxygen atoms in total. The zero-order valence-corrected chi connectivity index (χ0v) is 12.1. The molecule has 2 N–H and O–H groups in total. The Labute approximate surface area is 125 Å². The van der Waals surface area contributed by atoms with Gasteiger partial charge in [-0.25, -0.2) is 0 Å². The quantitative estimate of drug-likeness (QED) is 0.620. The van der Waals surface area contributed by atoms with Crippen LogP contribution in [0.4, 0.5) is 18.9 Å². The van der Waals surface area contributed by atoms with Crippen LogP contribution in [0.1, 0.15) is 11.1 Å². The van der Waals surface area contributed by atoms with Gasteiger partial charge in [0.05, 0.1) is 0 Å². The monoisotopic (exact) mass is 313 g/mol. The molecule has 2 aromatic carbocycles. The molecule has 0 aliphatic rings. The molecule has 0 aromatic heterocycles. The Hall–Kier alpha value is -1.82. The van der Waals surface area contributed by atoms with Crippen LogP contribution in [0.5, 0.6) is 5.75 Å². The number of nitrogens with one attached hydrogen (secondary N) is 1. The molecular weight excluding hydrogens is 299 g/mol. The van der Waals surface area contributed by atoms with Crippen molar-refractivity contribution in [3.05, 3.63) is 53.6 Å². The number of phenolic OH excluding ortho intramolecular Hbond substituents is 1. The van der Waals surface area contributed by atoms with E-state index in [0.717, 1.165) is 16.8 Å². The number of aromatic hydroxyl groups is 1. The van der Waals surface area contributed by atoms with Crippen LogP contribution in [0.25, 0.3) is 0 Å².